The van der Waals surface area contributed by atoms with Crippen molar-refractivity contribution in [1.82, 2.24) is 14.9 Å². The first-order valence-corrected chi connectivity index (χ1v) is 5.44. The zero-order valence-corrected chi connectivity index (χ0v) is 9.62. The number of carboxylic acids is 1. The first kappa shape index (κ1) is 13.0. The van der Waals surface area contributed by atoms with Gasteiger partial charge in [0.25, 0.3) is 11.5 Å². The molecule has 0 aromatic carbocycles. The summed E-state index contributed by atoms with van der Waals surface area (Å²) in [6.07, 6.45) is -0.123. The number of aromatic amines is 2. The molecule has 19 heavy (non-hydrogen) atoms. The van der Waals surface area contributed by atoms with E-state index in [0.717, 1.165) is 11.1 Å². The van der Waals surface area contributed by atoms with Gasteiger partial charge in [-0.25, -0.2) is 9.59 Å². The summed E-state index contributed by atoms with van der Waals surface area (Å²) in [7, 11) is 0. The summed E-state index contributed by atoms with van der Waals surface area (Å²) in [6, 6.07) is -1.19. The fourth-order valence-electron chi connectivity index (χ4n) is 2.00. The molecule has 1 aliphatic heterocycles. The van der Waals surface area contributed by atoms with Crippen molar-refractivity contribution in [2.45, 2.75) is 18.6 Å². The van der Waals surface area contributed by atoms with Gasteiger partial charge < -0.3 is 20.1 Å². The first-order valence-electron chi connectivity index (χ1n) is 5.44. The maximum atomic E-state index is 12.0. The Bertz CT molecular complexity index is 633. The van der Waals surface area contributed by atoms with E-state index in [4.69, 9.17) is 5.11 Å². The van der Waals surface area contributed by atoms with Crippen LogP contribution in [0.1, 0.15) is 16.8 Å². The van der Waals surface area contributed by atoms with Crippen LogP contribution >= 0.6 is 0 Å². The number of β-amino-alcohol motifs (C(OH)–C–C–N with tert-alkyl or cyclic N) is 1. The number of carboxylic acid groups (broad SMARTS) is 1. The molecule has 1 saturated heterocycles. The van der Waals surface area contributed by atoms with Crippen LogP contribution in [0.2, 0.25) is 0 Å². The number of carbonyl (C=O) groups is 2. The zero-order chi connectivity index (χ0) is 14.2. The number of likely N-dealkylation sites (tertiary alicyclic amines) is 1. The van der Waals surface area contributed by atoms with E-state index >= 15 is 0 Å². The number of nitrogens with zero attached hydrogens (tertiary/aromatic N) is 1. The second-order valence-electron chi connectivity index (χ2n) is 4.19. The molecule has 0 saturated carbocycles. The predicted octanol–water partition coefficient (Wildman–Crippen LogP) is -2.28. The summed E-state index contributed by atoms with van der Waals surface area (Å²) in [5, 5.41) is 18.4. The second kappa shape index (κ2) is 4.69. The summed E-state index contributed by atoms with van der Waals surface area (Å²) < 4.78 is 0. The van der Waals surface area contributed by atoms with E-state index in [1.165, 1.54) is 0 Å². The molecule has 0 aliphatic carbocycles. The average Bonchev–Trinajstić information content (AvgIpc) is 2.70. The fourth-order valence-corrected chi connectivity index (χ4v) is 2.00. The molecule has 0 unspecified atom stereocenters. The van der Waals surface area contributed by atoms with Crippen LogP contribution in [0.4, 0.5) is 0 Å². The van der Waals surface area contributed by atoms with Gasteiger partial charge in [-0.3, -0.25) is 14.6 Å². The lowest BCUT2D eigenvalue weighted by atomic mass is 10.2. The van der Waals surface area contributed by atoms with Crippen molar-refractivity contribution in [3.05, 3.63) is 32.6 Å². The van der Waals surface area contributed by atoms with E-state index < -0.39 is 35.3 Å². The lowest BCUT2D eigenvalue weighted by Crippen LogP contribution is -2.43. The van der Waals surface area contributed by atoms with Crippen molar-refractivity contribution < 1.29 is 19.8 Å². The summed E-state index contributed by atoms with van der Waals surface area (Å²) >= 11 is 0. The quantitative estimate of drug-likeness (QED) is 0.476. The SMILES string of the molecule is O=C(O)[C@@H]1C[C@@H](O)CN1C(=O)c1c[nH]c(=O)[nH]c1=O. The van der Waals surface area contributed by atoms with Crippen LogP contribution in [0.15, 0.2) is 15.8 Å². The van der Waals surface area contributed by atoms with Crippen LogP contribution < -0.4 is 11.2 Å². The molecule has 4 N–H and O–H groups in total. The Morgan fingerprint density at radius 2 is 2.05 bits per heavy atom. The number of aromatic nitrogens is 2. The Kier molecular flexibility index (Phi) is 3.21. The molecule has 2 heterocycles. The normalized spacial score (nSPS) is 22.5. The van der Waals surface area contributed by atoms with E-state index in [-0.39, 0.29) is 18.5 Å². The van der Waals surface area contributed by atoms with Gasteiger partial charge in [-0.2, -0.15) is 0 Å². The molecule has 9 heteroatoms. The third kappa shape index (κ3) is 2.40. The van der Waals surface area contributed by atoms with E-state index in [2.05, 4.69) is 4.98 Å². The van der Waals surface area contributed by atoms with Gasteiger partial charge in [0.1, 0.15) is 11.6 Å². The highest BCUT2D eigenvalue weighted by Crippen LogP contribution is 2.19. The Hall–Kier alpha value is -2.42. The number of aliphatic hydroxyl groups is 1. The van der Waals surface area contributed by atoms with Crippen LogP contribution in [0, 0.1) is 0 Å². The molecule has 2 rings (SSSR count). The number of hydrogen-bond acceptors (Lipinski definition) is 5. The molecule has 2 atom stereocenters. The Morgan fingerprint density at radius 3 is 2.63 bits per heavy atom. The first-order chi connectivity index (χ1) is 8.90. The molecule has 0 radical (unpaired) electrons. The molecular formula is C10H11N3O6. The Morgan fingerprint density at radius 1 is 1.37 bits per heavy atom. The molecule has 1 amide bonds. The van der Waals surface area contributed by atoms with Crippen LogP contribution in [-0.4, -0.2) is 55.6 Å². The fraction of sp³-hybridized carbons (Fsp3) is 0.400. The van der Waals surface area contributed by atoms with Gasteiger partial charge in [-0.15, -0.1) is 0 Å². The van der Waals surface area contributed by atoms with Crippen molar-refractivity contribution >= 4 is 11.9 Å². The molecule has 0 spiro atoms. The van der Waals surface area contributed by atoms with Gasteiger partial charge in [0.2, 0.25) is 0 Å². The minimum Gasteiger partial charge on any atom is -0.480 e. The maximum absolute atomic E-state index is 12.0. The van der Waals surface area contributed by atoms with Gasteiger partial charge in [-0.1, -0.05) is 0 Å². The number of hydrogen-bond donors (Lipinski definition) is 4. The molecule has 1 aromatic rings. The van der Waals surface area contributed by atoms with E-state index in [1.54, 1.807) is 0 Å². The Labute approximate surface area is 105 Å². The lowest BCUT2D eigenvalue weighted by molar-refractivity contribution is -0.141. The summed E-state index contributed by atoms with van der Waals surface area (Å²) in [5.41, 5.74) is -2.04. The minimum absolute atomic E-state index is 0.0949. The predicted molar refractivity (Wildman–Crippen MR) is 60.8 cm³/mol. The summed E-state index contributed by atoms with van der Waals surface area (Å²) in [5.74, 6) is -2.10. The average molecular weight is 269 g/mol. The summed E-state index contributed by atoms with van der Waals surface area (Å²) in [6.45, 7) is -0.172. The molecule has 1 fully saturated rings. The number of carbonyl (C=O) groups excluding carboxylic acids is 1. The van der Waals surface area contributed by atoms with Gasteiger partial charge in [-0.05, 0) is 0 Å². The van der Waals surface area contributed by atoms with Crippen LogP contribution in [0.25, 0.3) is 0 Å². The number of nitrogens with one attached hydrogen (secondary N) is 2. The van der Waals surface area contributed by atoms with E-state index in [1.807, 2.05) is 4.98 Å². The number of H-pyrrole nitrogens is 2. The van der Waals surface area contributed by atoms with Crippen LogP contribution in [0.3, 0.4) is 0 Å². The topological polar surface area (TPSA) is 144 Å². The third-order valence-electron chi connectivity index (χ3n) is 2.87. The van der Waals surface area contributed by atoms with E-state index in [0.29, 0.717) is 0 Å². The van der Waals surface area contributed by atoms with Crippen LogP contribution in [-0.2, 0) is 4.79 Å². The monoisotopic (exact) mass is 269 g/mol. The molecule has 9 nitrogen and oxygen atoms in total. The lowest BCUT2D eigenvalue weighted by Gasteiger charge is -2.20. The van der Waals surface area contributed by atoms with Crippen molar-refractivity contribution in [3.63, 3.8) is 0 Å². The van der Waals surface area contributed by atoms with E-state index in [9.17, 15) is 24.3 Å². The zero-order valence-electron chi connectivity index (χ0n) is 9.62. The van der Waals surface area contributed by atoms with Gasteiger partial charge in [0.05, 0.1) is 6.10 Å². The Balaban J connectivity index is 2.35. The standard InChI is InChI=1S/C10H11N3O6/c14-4-1-6(9(17)18)13(3-4)8(16)5-2-11-10(19)12-7(5)15/h2,4,6,14H,1,3H2,(H,17,18)(H2,11,12,15,19)/t4-,6+/m1/s1. The highest BCUT2D eigenvalue weighted by atomic mass is 16.4. The molecular weight excluding hydrogens is 258 g/mol. The third-order valence-corrected chi connectivity index (χ3v) is 2.87. The smallest absolute Gasteiger partial charge is 0.326 e. The largest absolute Gasteiger partial charge is 0.480 e. The molecule has 1 aromatic heterocycles. The molecule has 1 aliphatic rings. The highest BCUT2D eigenvalue weighted by molar-refractivity contribution is 5.96. The number of rotatable bonds is 2. The van der Waals surface area contributed by atoms with Crippen molar-refractivity contribution in [2.75, 3.05) is 6.54 Å². The number of amides is 1. The van der Waals surface area contributed by atoms with Crippen molar-refractivity contribution in [3.8, 4) is 0 Å². The minimum atomic E-state index is -1.26. The van der Waals surface area contributed by atoms with Crippen LogP contribution in [0.5, 0.6) is 0 Å². The molecule has 102 valence electrons. The number of aliphatic hydroxyl groups excluding tert-OH is 1. The second-order valence-corrected chi connectivity index (χ2v) is 4.19. The maximum Gasteiger partial charge on any atom is 0.326 e. The summed E-state index contributed by atoms with van der Waals surface area (Å²) in [4.78, 5) is 50.2. The van der Waals surface area contributed by atoms with Gasteiger partial charge >= 0.3 is 11.7 Å². The molecule has 0 bridgehead atoms. The van der Waals surface area contributed by atoms with Gasteiger partial charge in [0, 0.05) is 19.2 Å². The van der Waals surface area contributed by atoms with Crippen molar-refractivity contribution in [1.29, 1.82) is 0 Å². The van der Waals surface area contributed by atoms with Crippen molar-refractivity contribution in [2.24, 2.45) is 0 Å². The highest BCUT2D eigenvalue weighted by Gasteiger charge is 2.39. The number of aliphatic carboxylic acids is 1. The van der Waals surface area contributed by atoms with Gasteiger partial charge in [0.15, 0.2) is 0 Å².